The van der Waals surface area contributed by atoms with Gasteiger partial charge in [0.05, 0.1) is 15.3 Å². The predicted molar refractivity (Wildman–Crippen MR) is 171 cm³/mol. The fourth-order valence-corrected chi connectivity index (χ4v) is 0. The molecule has 0 fully saturated rings. The Morgan fingerprint density at radius 3 is 0.419 bits per heavy atom. The molecule has 0 aliphatic carbocycles. The van der Waals surface area contributed by atoms with Gasteiger partial charge in [-0.3, -0.25) is 17.5 Å². The summed E-state index contributed by atoms with van der Waals surface area (Å²) in [5.74, 6) is 0. The Labute approximate surface area is 441 Å². The standard InChI is InChI=1S/Ca.ClH.K.2HNO3.3NO3.8H3N.Na.4H3O4P.2H2O4S/c;;;5*2-1(3)4;;;;;;;;;;6*1-5(2,3)4/h;1H;;2*(H,2,3,4);;;;8*1H3;;4*(H3,1,2,3,4);2*(H2,1,2,3,4)/q+2;;+1;;;3*-1;;;;;;;;;+1;;;;;;/p-1. The minimum Gasteiger partial charge on any atom is -1.00 e. The molecule has 0 aliphatic rings. The molecule has 0 radical (unpaired) electrons. The third-order valence-corrected chi connectivity index (χ3v) is 0. The van der Waals surface area contributed by atoms with Crippen molar-refractivity contribution >= 4 is 89.8 Å². The Morgan fingerprint density at radius 2 is 0.419 bits per heavy atom. The molecule has 0 saturated heterocycles. The van der Waals surface area contributed by atoms with Gasteiger partial charge in [0.25, 0.3) is 10.2 Å². The van der Waals surface area contributed by atoms with Gasteiger partial charge in [0, 0.05) is 10.4 Å². The Bertz CT molecular complexity index is 1060. The van der Waals surface area contributed by atoms with Crippen molar-refractivity contribution in [3.05, 3.63) is 66.2 Å². The van der Waals surface area contributed by atoms with Crippen molar-refractivity contribution in [2.45, 2.75) is 0 Å². The summed E-state index contributed by atoms with van der Waals surface area (Å²) < 4.78 is 101. The predicted octanol–water partition coefficient (Wildman–Crippen LogP) is -17.3. The van der Waals surface area contributed by atoms with Crippen LogP contribution in [0.1, 0.15) is 0 Å². The van der Waals surface area contributed by atoms with E-state index in [1.807, 2.05) is 0 Å². The van der Waals surface area contributed by atoms with Crippen LogP contribution in [0.3, 0.4) is 0 Å². The summed E-state index contributed by atoms with van der Waals surface area (Å²) >= 11 is 0. The Hall–Kier alpha value is 0.0461. The van der Waals surface area contributed by atoms with E-state index in [9.17, 15) is 0 Å². The first-order valence-corrected chi connectivity index (χ1v) is 15.9. The van der Waals surface area contributed by atoms with E-state index in [1.54, 1.807) is 0 Å². The van der Waals surface area contributed by atoms with Crippen molar-refractivity contribution in [2.75, 3.05) is 0 Å². The minimum atomic E-state index is -5.39. The molecule has 0 saturated carbocycles. The number of halogens is 1. The average molecular weight is 1170 g/mol. The summed E-state index contributed by atoms with van der Waals surface area (Å²) in [6.45, 7) is 0. The minimum absolute atomic E-state index is 0. The van der Waals surface area contributed by atoms with Gasteiger partial charge < -0.3 is 195 Å². The summed E-state index contributed by atoms with van der Waals surface area (Å²) in [6.07, 6.45) is 0. The molecule has 62 heavy (non-hydrogen) atoms. The number of hydrogen-bond acceptors (Lipinski definition) is 29. The van der Waals surface area contributed by atoms with Crippen LogP contribution in [-0.4, -0.2) is 138 Å². The molecule has 0 aromatic rings. The summed E-state index contributed by atoms with van der Waals surface area (Å²) in [4.78, 5) is 136. The van der Waals surface area contributed by atoms with Crippen molar-refractivity contribution in [1.82, 2.24) is 49.2 Å². The molecule has 62 heteroatoms. The number of nitrogens with zero attached hydrogens (tertiary/aromatic N) is 5. The van der Waals surface area contributed by atoms with Crippen molar-refractivity contribution in [3.8, 4) is 0 Å². The fraction of sp³-hybridized carbons (Fsp3) is 0. The molecule has 0 aliphatic heterocycles. The van der Waals surface area contributed by atoms with Crippen molar-refractivity contribution in [3.63, 3.8) is 0 Å². The van der Waals surface area contributed by atoms with Crippen molar-refractivity contribution in [2.24, 2.45) is 0 Å². The van der Waals surface area contributed by atoms with E-state index in [1.165, 1.54) is 0 Å². The van der Waals surface area contributed by atoms with Gasteiger partial charge in [0.2, 0.25) is 0 Å². The first-order valence-electron chi connectivity index (χ1n) is 7.16. The second-order valence-electron chi connectivity index (χ2n) is 3.92. The Kier molecular flexibility index (Phi) is 207. The van der Waals surface area contributed by atoms with Gasteiger partial charge in [-0.1, -0.05) is 0 Å². The molecule has 0 heterocycles. The Morgan fingerprint density at radius 1 is 0.419 bits per heavy atom. The molecule has 0 rings (SSSR count). The van der Waals surface area contributed by atoms with Gasteiger partial charge in [0.15, 0.2) is 0 Å². The van der Waals surface area contributed by atoms with E-state index in [0.717, 1.165) is 0 Å². The maximum absolute atomic E-state index is 8.88. The third kappa shape index (κ3) is 98500000. The molecule has 0 aromatic heterocycles. The normalized spacial score (nSPS) is 7.61. The van der Waals surface area contributed by atoms with Gasteiger partial charge in [-0.2, -0.15) is 24.1 Å². The zero-order valence-corrected chi connectivity index (χ0v) is 45.5. The van der Waals surface area contributed by atoms with Crippen molar-refractivity contribution < 1.29 is 241 Å². The molecule has 0 bridgehead atoms. The summed E-state index contributed by atoms with van der Waals surface area (Å²) in [5.41, 5.74) is 0. The van der Waals surface area contributed by atoms with Crippen LogP contribution in [0.15, 0.2) is 0 Å². The van der Waals surface area contributed by atoms with Gasteiger partial charge in [-0.05, 0) is 0 Å². The molecule has 0 atom stereocenters. The number of phosphoric acid groups is 4. The quantitative estimate of drug-likeness (QED) is 0.0267. The van der Waals surface area contributed by atoms with E-state index in [0.29, 0.717) is 0 Å². The SMILES string of the molecule is O=P(O)(O)O.O=P(O)(O)O.O=P([O-])([O-])[O-].O=P([O-])([O-])[O-].O=S(=O)(O)O.O=S(=O)([O-])[O-].O=[N+]([O-])O.O=[N+]([O-])O.O=[N+]([O-])[O-].O=[N+]([O-])[O-].O=[N+]([O-])[O-].[Ca+2].[Cl-].[K+].[NH4+].[NH4+].[NH4+].[NH4+].[NH4+].[NH4+].[NH4+].[NH4+].[Na+]. The first kappa shape index (κ1) is 152. The van der Waals surface area contributed by atoms with E-state index < -0.39 is 77.5 Å². The second-order valence-corrected chi connectivity index (χ2v) is 9.48. The average Bonchev–Trinajstić information content (AvgIpc) is 2.48. The molecule has 52 nitrogen and oxygen atoms in total. The van der Waals surface area contributed by atoms with Gasteiger partial charge in [-0.25, -0.2) is 9.13 Å². The van der Waals surface area contributed by atoms with E-state index in [2.05, 4.69) is 0 Å². The first-order chi connectivity index (χ1) is 20.7. The second kappa shape index (κ2) is 84.5. The van der Waals surface area contributed by atoms with Gasteiger partial charge >= 0.3 is 145 Å². The number of rotatable bonds is 0. The van der Waals surface area contributed by atoms with Crippen LogP contribution >= 0.6 is 31.3 Å². The zero-order valence-electron chi connectivity index (χ0n) is 32.2. The maximum Gasteiger partial charge on any atom is 2.00 e. The fourth-order valence-electron chi connectivity index (χ4n) is 0. The van der Waals surface area contributed by atoms with Crippen LogP contribution in [-0.2, 0) is 39.1 Å². The smallest absolute Gasteiger partial charge is 1.00 e. The van der Waals surface area contributed by atoms with Crippen LogP contribution in [0.4, 0.5) is 0 Å². The van der Waals surface area contributed by atoms with Crippen molar-refractivity contribution in [1.29, 1.82) is 0 Å². The summed E-state index contributed by atoms with van der Waals surface area (Å²) in [6, 6.07) is 0. The monoisotopic (exact) mass is 1170 g/mol. The van der Waals surface area contributed by atoms with Crippen LogP contribution in [0, 0.1) is 66.2 Å². The van der Waals surface area contributed by atoms with E-state index >= 15 is 0 Å². The van der Waals surface area contributed by atoms with Crippen LogP contribution in [0.2, 0.25) is 0 Å². The largest absolute Gasteiger partial charge is 2.00 e. The molecule has 0 aromatic carbocycles. The molecule has 0 amide bonds. The summed E-state index contributed by atoms with van der Waals surface area (Å²) in [7, 11) is -29.9. The summed E-state index contributed by atoms with van der Waals surface area (Å²) in [5, 5.41) is 71.5. The molecular formula is H42CaClKN13NaO39P4S2. The van der Waals surface area contributed by atoms with Crippen LogP contribution < -0.4 is 172 Å². The third-order valence-electron chi connectivity index (χ3n) is 0. The van der Waals surface area contributed by atoms with E-state index in [-0.39, 0.29) is 180 Å². The molecule has 0 spiro atoms. The Balaban J connectivity index is -0.0000000126. The molecule has 42 N–H and O–H groups in total. The molecule has 0 unspecified atom stereocenters. The van der Waals surface area contributed by atoms with Gasteiger partial charge in [-0.15, -0.1) is 20.2 Å². The number of quaternary nitrogens is 8. The molecule has 384 valence electrons. The van der Waals surface area contributed by atoms with E-state index in [4.69, 9.17) is 189 Å². The van der Waals surface area contributed by atoms with Gasteiger partial charge in [0.1, 0.15) is 0 Å². The zero-order chi connectivity index (χ0) is 44.9. The topological polar surface area (TPSA) is 1100 Å². The molecular weight excluding hydrogens is 1130 g/mol. The van der Waals surface area contributed by atoms with Crippen LogP contribution in [0.25, 0.3) is 0 Å². The number of hydrogen-bond donors (Lipinski definition) is 18. The maximum atomic E-state index is 8.88. The van der Waals surface area contributed by atoms with Crippen LogP contribution in [0.5, 0.6) is 0 Å².